The normalized spacial score (nSPS) is 23.5. The number of fused-ring (bicyclic) bond motifs is 4. The zero-order chi connectivity index (χ0) is 58.5. The predicted molar refractivity (Wildman–Crippen MR) is 321 cm³/mol. The molecule has 84 heavy (non-hydrogen) atoms. The van der Waals surface area contributed by atoms with Crippen LogP contribution in [0.3, 0.4) is 0 Å². The summed E-state index contributed by atoms with van der Waals surface area (Å²) in [5, 5.41) is 24.6. The highest BCUT2D eigenvalue weighted by atomic mass is 32.1. The van der Waals surface area contributed by atoms with Crippen LogP contribution in [-0.4, -0.2) is 165 Å². The molecule has 5 fully saturated rings. The summed E-state index contributed by atoms with van der Waals surface area (Å²) in [6.45, 7) is 15.0. The van der Waals surface area contributed by atoms with Crippen molar-refractivity contribution in [3.8, 4) is 27.7 Å². The van der Waals surface area contributed by atoms with E-state index in [9.17, 15) is 19.5 Å². The van der Waals surface area contributed by atoms with Crippen LogP contribution in [0.4, 0.5) is 20.8 Å². The zero-order valence-corrected chi connectivity index (χ0v) is 49.7. The van der Waals surface area contributed by atoms with Gasteiger partial charge in [-0.3, -0.25) is 19.5 Å². The minimum absolute atomic E-state index is 0.0243. The molecule has 3 amide bonds. The van der Waals surface area contributed by atoms with E-state index in [1.54, 1.807) is 28.5 Å². The van der Waals surface area contributed by atoms with Crippen molar-refractivity contribution in [2.45, 2.75) is 134 Å². The number of anilines is 2. The number of aliphatic hydroxyl groups is 1. The molecule has 7 aromatic rings. The highest BCUT2D eigenvalue weighted by molar-refractivity contribution is 7.13. The van der Waals surface area contributed by atoms with E-state index in [1.807, 2.05) is 102 Å². The first-order chi connectivity index (χ1) is 40.6. The number of β-amino-alcohol motifs (C(OH)–C–C–N with tert-alkyl or cyclic N) is 1. The number of thiazole rings is 1. The van der Waals surface area contributed by atoms with E-state index < -0.39 is 30.0 Å². The summed E-state index contributed by atoms with van der Waals surface area (Å²) in [4.78, 5) is 71.8. The van der Waals surface area contributed by atoms with Crippen LogP contribution < -0.4 is 25.2 Å². The van der Waals surface area contributed by atoms with Crippen LogP contribution >= 0.6 is 11.3 Å². The Morgan fingerprint density at radius 1 is 0.929 bits per heavy atom. The fourth-order valence-corrected chi connectivity index (χ4v) is 14.3. The van der Waals surface area contributed by atoms with Gasteiger partial charge in [-0.05, 0) is 93.3 Å². The van der Waals surface area contributed by atoms with Gasteiger partial charge in [-0.15, -0.1) is 11.3 Å². The SMILES string of the molecule is CCc1cccc2cccc(-c3ncc4c(N5CC6CCC(C5)N6)nc(OC[C@@H]5CC[C@@H](COC(=O)N6CCN(c7cc(C(C(=O)N8C[C@H](O)C[C@H]8C(=O)NC(C)c8ccc(-c9scnc9C)cc8)C(C)C)on7)[C@H](C)C6)N5C)nc4c3F)c12. The second kappa shape index (κ2) is 24.0. The second-order valence-electron chi connectivity index (χ2n) is 24.0. The molecule has 21 heteroatoms. The minimum atomic E-state index is -0.865. The van der Waals surface area contributed by atoms with Gasteiger partial charge in [0.2, 0.25) is 11.8 Å². The molecule has 4 aromatic heterocycles. The van der Waals surface area contributed by atoms with Gasteiger partial charge in [-0.1, -0.05) is 86.6 Å². The molecular weight excluding hydrogens is 1090 g/mol. The van der Waals surface area contributed by atoms with Gasteiger partial charge in [0, 0.05) is 93.7 Å². The van der Waals surface area contributed by atoms with Crippen LogP contribution in [0.25, 0.3) is 43.4 Å². The maximum absolute atomic E-state index is 17.2. The molecule has 19 nitrogen and oxygen atoms in total. The largest absolute Gasteiger partial charge is 0.462 e. The standard InChI is InChI=1S/C63H75FN12O7S/c1-8-39-11-9-12-41-13-10-14-48(54(39)41)56-55(64)57-49(27-65-56)59(74-29-43-19-20-44(30-74)68-43)70-62(69-57)81-32-45-21-22-46(72(45)7)33-82-63(80)73-23-24-75(36(4)28-73)52-26-51(83-71-52)53(35(2)3)61(79)76-31-47(77)25-50(76)60(78)67-37(5)40-15-17-42(18-16-40)58-38(6)66-34-84-58/h9-18,26-27,34-37,43-47,50,53,68,77H,8,19-25,28-33H2,1-7H3,(H,67,78)/t36-,37?,43?,44?,45+,46+,47-,50+,53?/m1/s1. The summed E-state index contributed by atoms with van der Waals surface area (Å²) >= 11 is 1.58. The number of rotatable bonds is 16. The molecule has 0 radical (unpaired) electrons. The van der Waals surface area contributed by atoms with Gasteiger partial charge in [-0.25, -0.2) is 14.2 Å². The number of piperazine rings is 2. The smallest absolute Gasteiger partial charge is 0.409 e. The maximum Gasteiger partial charge on any atom is 0.409 e. The molecule has 2 bridgehead atoms. The average Bonchev–Trinajstić information content (AvgIpc) is 1.82. The van der Waals surface area contributed by atoms with Crippen LogP contribution in [0.15, 0.2) is 83.0 Å². The number of amides is 3. The molecule has 3 aromatic carbocycles. The maximum atomic E-state index is 17.2. The van der Waals surface area contributed by atoms with Gasteiger partial charge in [0.05, 0.1) is 33.6 Å². The molecule has 5 saturated heterocycles. The molecule has 9 atom stereocenters. The van der Waals surface area contributed by atoms with E-state index in [2.05, 4.69) is 48.5 Å². The summed E-state index contributed by atoms with van der Waals surface area (Å²) in [7, 11) is 2.01. The number of likely N-dealkylation sites (N-methyl/N-ethyl adjacent to an activating group) is 1. The lowest BCUT2D eigenvalue weighted by molar-refractivity contribution is -0.141. The number of hydrogen-bond donors (Lipinski definition) is 3. The molecule has 0 spiro atoms. The highest BCUT2D eigenvalue weighted by Gasteiger charge is 2.44. The van der Waals surface area contributed by atoms with Crippen molar-refractivity contribution in [2.75, 3.05) is 69.3 Å². The second-order valence-corrected chi connectivity index (χ2v) is 24.8. The number of nitrogens with one attached hydrogen (secondary N) is 2. The number of carbonyl (C=O) groups is 3. The Morgan fingerprint density at radius 2 is 1.68 bits per heavy atom. The lowest BCUT2D eigenvalue weighted by Gasteiger charge is -2.39. The molecule has 9 heterocycles. The lowest BCUT2D eigenvalue weighted by atomic mass is 9.91. The Hall–Kier alpha value is -7.33. The van der Waals surface area contributed by atoms with Crippen molar-refractivity contribution < 1.29 is 37.9 Å². The van der Waals surface area contributed by atoms with E-state index >= 15 is 4.39 Å². The number of aryl methyl sites for hydroxylation is 2. The van der Waals surface area contributed by atoms with Crippen LogP contribution in [-0.2, 0) is 20.7 Å². The van der Waals surface area contributed by atoms with Gasteiger partial charge >= 0.3 is 12.1 Å². The molecule has 0 aliphatic carbocycles. The van der Waals surface area contributed by atoms with Crippen molar-refractivity contribution in [3.63, 3.8) is 0 Å². The third kappa shape index (κ3) is 11.3. The number of aliphatic hydroxyl groups excluding tert-OH is 1. The summed E-state index contributed by atoms with van der Waals surface area (Å²) in [6, 6.07) is 21.2. The fourth-order valence-electron chi connectivity index (χ4n) is 13.5. The van der Waals surface area contributed by atoms with E-state index in [-0.39, 0.29) is 85.3 Å². The van der Waals surface area contributed by atoms with E-state index in [0.29, 0.717) is 54.5 Å². The van der Waals surface area contributed by atoms with Crippen molar-refractivity contribution in [1.29, 1.82) is 0 Å². The predicted octanol–water partition coefficient (Wildman–Crippen LogP) is 8.67. The third-order valence-corrected chi connectivity index (χ3v) is 19.1. The van der Waals surface area contributed by atoms with Crippen LogP contribution in [0.2, 0.25) is 0 Å². The number of likely N-dealkylation sites (tertiary alicyclic amines) is 2. The number of pyridine rings is 1. The zero-order valence-electron chi connectivity index (χ0n) is 48.8. The molecule has 442 valence electrons. The first-order valence-electron chi connectivity index (χ1n) is 29.8. The van der Waals surface area contributed by atoms with E-state index in [0.717, 1.165) is 88.8 Å². The molecule has 4 unspecified atom stereocenters. The van der Waals surface area contributed by atoms with Crippen LogP contribution in [0.5, 0.6) is 6.01 Å². The summed E-state index contributed by atoms with van der Waals surface area (Å²) in [5.41, 5.74) is 7.03. The molecule has 5 aliphatic heterocycles. The quantitative estimate of drug-likeness (QED) is 0.0827. The lowest BCUT2D eigenvalue weighted by Crippen LogP contribution is -2.54. The Bertz CT molecular complexity index is 3550. The monoisotopic (exact) mass is 1160 g/mol. The Morgan fingerprint density at radius 3 is 2.39 bits per heavy atom. The number of hydrogen-bond acceptors (Lipinski definition) is 17. The van der Waals surface area contributed by atoms with Crippen molar-refractivity contribution in [1.82, 2.24) is 50.4 Å². The molecule has 0 saturated carbocycles. The molecule has 3 N–H and O–H groups in total. The van der Waals surface area contributed by atoms with E-state index in [4.69, 9.17) is 28.9 Å². The number of benzene rings is 3. The number of halogens is 1. The Kier molecular flexibility index (Phi) is 16.3. The Labute approximate surface area is 492 Å². The van der Waals surface area contributed by atoms with Crippen molar-refractivity contribution in [2.24, 2.45) is 5.92 Å². The highest BCUT2D eigenvalue weighted by Crippen LogP contribution is 2.39. The summed E-state index contributed by atoms with van der Waals surface area (Å²) in [6.07, 6.45) is 5.11. The summed E-state index contributed by atoms with van der Waals surface area (Å²) in [5.74, 6) is -0.592. The molecule has 5 aliphatic rings. The van der Waals surface area contributed by atoms with Gasteiger partial charge < -0.3 is 49.3 Å². The first-order valence-corrected chi connectivity index (χ1v) is 30.7. The molecule has 12 rings (SSSR count). The number of aromatic nitrogens is 5. The topological polar surface area (TPSA) is 208 Å². The fraction of sp³-hybridized carbons (Fsp3) is 0.492. The van der Waals surface area contributed by atoms with E-state index in [1.165, 1.54) is 4.90 Å². The first kappa shape index (κ1) is 57.1. The minimum Gasteiger partial charge on any atom is -0.462 e. The third-order valence-electron chi connectivity index (χ3n) is 18.2. The summed E-state index contributed by atoms with van der Waals surface area (Å²) < 4.78 is 35.6. The van der Waals surface area contributed by atoms with Crippen LogP contribution in [0, 0.1) is 18.7 Å². The Balaban J connectivity index is 0.655. The number of ether oxygens (including phenoxy) is 2. The molecular formula is C63H75FN12O7S. The van der Waals surface area contributed by atoms with Gasteiger partial charge in [0.1, 0.15) is 42.2 Å². The van der Waals surface area contributed by atoms with Crippen LogP contribution in [0.1, 0.15) is 101 Å². The van der Waals surface area contributed by atoms with Gasteiger partial charge in [0.15, 0.2) is 17.4 Å². The number of nitrogens with zero attached hydrogens (tertiary/aromatic N) is 10. The van der Waals surface area contributed by atoms with Gasteiger partial charge in [-0.2, -0.15) is 9.97 Å². The average molecular weight is 1160 g/mol. The number of carbonyl (C=O) groups excluding carboxylic acids is 3. The van der Waals surface area contributed by atoms with Crippen molar-refractivity contribution >= 4 is 62.6 Å². The van der Waals surface area contributed by atoms with Gasteiger partial charge in [0.25, 0.3) is 0 Å². The van der Waals surface area contributed by atoms with Crippen molar-refractivity contribution in [3.05, 3.63) is 107 Å².